The molecule has 142 valence electrons. The van der Waals surface area contributed by atoms with Crippen LogP contribution in [-0.4, -0.2) is 28.8 Å². The number of Topliss-reactive ketones (excluding diaryl/α,β-unsaturated/α-hetero) is 1. The number of para-hydroxylation sites is 1. The van der Waals surface area contributed by atoms with Crippen LogP contribution in [0, 0.1) is 17.8 Å². The molecule has 1 aliphatic carbocycles. The molecule has 3 atom stereocenters. The van der Waals surface area contributed by atoms with Gasteiger partial charge in [-0.3, -0.25) is 4.79 Å². The highest BCUT2D eigenvalue weighted by molar-refractivity contribution is 6.03. The third-order valence-electron chi connectivity index (χ3n) is 5.51. The quantitative estimate of drug-likeness (QED) is 0.871. The highest BCUT2D eigenvalue weighted by Gasteiger charge is 2.31. The van der Waals surface area contributed by atoms with Gasteiger partial charge in [-0.05, 0) is 42.7 Å². The molecule has 0 radical (unpaired) electrons. The summed E-state index contributed by atoms with van der Waals surface area (Å²) in [5, 5.41) is 3.38. The van der Waals surface area contributed by atoms with Crippen molar-refractivity contribution in [3.05, 3.63) is 41.6 Å². The van der Waals surface area contributed by atoms with Gasteiger partial charge in [0.2, 0.25) is 5.95 Å². The summed E-state index contributed by atoms with van der Waals surface area (Å²) < 4.78 is 0. The van der Waals surface area contributed by atoms with Crippen molar-refractivity contribution < 1.29 is 4.79 Å². The summed E-state index contributed by atoms with van der Waals surface area (Å²) in [6.07, 6.45) is 2.64. The fraction of sp³-hybridized carbons (Fsp3) is 0.500. The Labute approximate surface area is 161 Å². The average Bonchev–Trinajstić information content (AvgIpc) is 2.61. The first-order valence-corrected chi connectivity index (χ1v) is 10.0. The van der Waals surface area contributed by atoms with Gasteiger partial charge in [0.05, 0.1) is 11.3 Å². The molecule has 3 unspecified atom stereocenters. The second-order valence-electron chi connectivity index (χ2n) is 8.47. The molecule has 5 nitrogen and oxygen atoms in total. The highest BCUT2D eigenvalue weighted by atomic mass is 16.1. The summed E-state index contributed by atoms with van der Waals surface area (Å²) in [5.74, 6) is 3.14. The normalized spacial score (nSPS) is 25.2. The standard InChI is InChI=1S/C22H28N4O/c1-14-10-18-20(19(27)11-14)21(23-17-7-5-4-6-8-17)25-22(24-18)26-12-15(2)9-16(3)13-26/h4-8,14-16H,9-13H2,1-3H3,(H,23,24,25). The van der Waals surface area contributed by atoms with Crippen LogP contribution in [0.4, 0.5) is 17.5 Å². The van der Waals surface area contributed by atoms with Crippen LogP contribution in [0.5, 0.6) is 0 Å². The van der Waals surface area contributed by atoms with E-state index in [1.54, 1.807) is 0 Å². The van der Waals surface area contributed by atoms with Gasteiger partial charge in [0.1, 0.15) is 5.82 Å². The van der Waals surface area contributed by atoms with Gasteiger partial charge < -0.3 is 10.2 Å². The summed E-state index contributed by atoms with van der Waals surface area (Å²) in [5.41, 5.74) is 2.52. The first kappa shape index (κ1) is 18.0. The Morgan fingerprint density at radius 3 is 2.37 bits per heavy atom. The van der Waals surface area contributed by atoms with Crippen LogP contribution < -0.4 is 10.2 Å². The van der Waals surface area contributed by atoms with E-state index in [1.165, 1.54) is 6.42 Å². The molecular weight excluding hydrogens is 336 g/mol. The van der Waals surface area contributed by atoms with E-state index >= 15 is 0 Å². The third-order valence-corrected chi connectivity index (χ3v) is 5.51. The second-order valence-corrected chi connectivity index (χ2v) is 8.47. The van der Waals surface area contributed by atoms with Crippen LogP contribution in [0.1, 0.15) is 49.7 Å². The zero-order valence-electron chi connectivity index (χ0n) is 16.4. The van der Waals surface area contributed by atoms with Gasteiger partial charge in [0, 0.05) is 25.2 Å². The zero-order valence-corrected chi connectivity index (χ0v) is 16.4. The number of carbonyl (C=O) groups excluding carboxylic acids is 1. The van der Waals surface area contributed by atoms with Gasteiger partial charge in [0.25, 0.3) is 0 Å². The number of anilines is 3. The van der Waals surface area contributed by atoms with Crippen molar-refractivity contribution in [1.82, 2.24) is 9.97 Å². The lowest BCUT2D eigenvalue weighted by molar-refractivity contribution is 0.0952. The molecule has 1 aromatic carbocycles. The Kier molecular flexibility index (Phi) is 4.85. The third kappa shape index (κ3) is 3.82. The number of rotatable bonds is 3. The number of ketones is 1. The zero-order chi connectivity index (χ0) is 19.0. The number of nitrogens with zero attached hydrogens (tertiary/aromatic N) is 3. The fourth-order valence-corrected chi connectivity index (χ4v) is 4.47. The van der Waals surface area contributed by atoms with Gasteiger partial charge in [-0.1, -0.05) is 39.0 Å². The Morgan fingerprint density at radius 1 is 0.963 bits per heavy atom. The summed E-state index contributed by atoms with van der Waals surface area (Å²) >= 11 is 0. The number of fused-ring (bicyclic) bond motifs is 1. The van der Waals surface area contributed by atoms with Crippen molar-refractivity contribution in [2.45, 2.75) is 40.0 Å². The molecule has 27 heavy (non-hydrogen) atoms. The predicted octanol–water partition coefficient (Wildman–Crippen LogP) is 4.47. The lowest BCUT2D eigenvalue weighted by Crippen LogP contribution is -2.40. The van der Waals surface area contributed by atoms with Gasteiger partial charge in [-0.2, -0.15) is 4.98 Å². The molecule has 1 aliphatic heterocycles. The number of nitrogens with one attached hydrogen (secondary N) is 1. The van der Waals surface area contributed by atoms with Crippen molar-refractivity contribution in [3.8, 4) is 0 Å². The van der Waals surface area contributed by atoms with E-state index in [0.717, 1.165) is 36.8 Å². The molecule has 1 aromatic heterocycles. The van der Waals surface area contributed by atoms with E-state index in [4.69, 9.17) is 9.97 Å². The number of hydrogen-bond donors (Lipinski definition) is 1. The fourth-order valence-electron chi connectivity index (χ4n) is 4.47. The van der Waals surface area contributed by atoms with Crippen molar-refractivity contribution >= 4 is 23.2 Å². The number of hydrogen-bond acceptors (Lipinski definition) is 5. The van der Waals surface area contributed by atoms with E-state index in [2.05, 4.69) is 31.0 Å². The number of aromatic nitrogens is 2. The monoisotopic (exact) mass is 364 g/mol. The molecule has 2 aromatic rings. The molecule has 1 fully saturated rings. The average molecular weight is 364 g/mol. The van der Waals surface area contributed by atoms with Crippen LogP contribution in [0.3, 0.4) is 0 Å². The molecule has 5 heteroatoms. The maximum Gasteiger partial charge on any atom is 0.227 e. The van der Waals surface area contributed by atoms with E-state index < -0.39 is 0 Å². The van der Waals surface area contributed by atoms with Crippen molar-refractivity contribution in [2.75, 3.05) is 23.3 Å². The lowest BCUT2D eigenvalue weighted by Gasteiger charge is -2.36. The Morgan fingerprint density at radius 2 is 1.67 bits per heavy atom. The summed E-state index contributed by atoms with van der Waals surface area (Å²) in [4.78, 5) is 24.8. The maximum atomic E-state index is 12.8. The van der Waals surface area contributed by atoms with E-state index in [9.17, 15) is 4.79 Å². The topological polar surface area (TPSA) is 58.1 Å². The van der Waals surface area contributed by atoms with Crippen molar-refractivity contribution in [2.24, 2.45) is 17.8 Å². The van der Waals surface area contributed by atoms with Crippen LogP contribution >= 0.6 is 0 Å². The molecule has 0 saturated carbocycles. The Bertz CT molecular complexity index is 826. The number of carbonyl (C=O) groups is 1. The molecule has 1 saturated heterocycles. The van der Waals surface area contributed by atoms with Crippen LogP contribution in [0.2, 0.25) is 0 Å². The minimum Gasteiger partial charge on any atom is -0.340 e. The maximum absolute atomic E-state index is 12.8. The van der Waals surface area contributed by atoms with Gasteiger partial charge in [-0.15, -0.1) is 0 Å². The lowest BCUT2D eigenvalue weighted by atomic mass is 9.87. The van der Waals surface area contributed by atoms with Crippen LogP contribution in [0.15, 0.2) is 30.3 Å². The summed E-state index contributed by atoms with van der Waals surface area (Å²) in [6, 6.07) is 9.93. The Hall–Kier alpha value is -2.43. The Balaban J connectivity index is 1.76. The molecular formula is C22H28N4O. The van der Waals surface area contributed by atoms with Crippen molar-refractivity contribution in [1.29, 1.82) is 0 Å². The van der Waals surface area contributed by atoms with Gasteiger partial charge >= 0.3 is 0 Å². The SMILES string of the molecule is CC1CC(=O)c2c(nc(N3CC(C)CC(C)C3)nc2Nc2ccccc2)C1. The first-order valence-electron chi connectivity index (χ1n) is 10.0. The number of benzene rings is 1. The van der Waals surface area contributed by atoms with Crippen molar-refractivity contribution in [3.63, 3.8) is 0 Å². The van der Waals surface area contributed by atoms with Gasteiger partial charge in [0.15, 0.2) is 5.78 Å². The predicted molar refractivity (Wildman–Crippen MR) is 109 cm³/mol. The van der Waals surface area contributed by atoms with Crippen LogP contribution in [-0.2, 0) is 6.42 Å². The van der Waals surface area contributed by atoms with E-state index in [1.807, 2.05) is 30.3 Å². The molecule has 0 spiro atoms. The summed E-state index contributed by atoms with van der Waals surface area (Å²) in [7, 11) is 0. The molecule has 0 amide bonds. The van der Waals surface area contributed by atoms with Crippen LogP contribution in [0.25, 0.3) is 0 Å². The minimum atomic E-state index is 0.147. The molecule has 2 heterocycles. The van der Waals surface area contributed by atoms with E-state index in [-0.39, 0.29) is 5.78 Å². The second kappa shape index (κ2) is 7.29. The molecule has 4 rings (SSSR count). The van der Waals surface area contributed by atoms with E-state index in [0.29, 0.717) is 35.6 Å². The molecule has 2 aliphatic rings. The first-order chi connectivity index (χ1) is 13.0. The number of piperidine rings is 1. The minimum absolute atomic E-state index is 0.147. The highest BCUT2D eigenvalue weighted by Crippen LogP contribution is 2.33. The summed E-state index contributed by atoms with van der Waals surface area (Å²) in [6.45, 7) is 8.64. The largest absolute Gasteiger partial charge is 0.340 e. The van der Waals surface area contributed by atoms with Gasteiger partial charge in [-0.25, -0.2) is 4.98 Å². The molecule has 0 bridgehead atoms. The smallest absolute Gasteiger partial charge is 0.227 e. The molecule has 1 N–H and O–H groups in total.